The summed E-state index contributed by atoms with van der Waals surface area (Å²) in [5.74, 6) is -1.38. The zero-order valence-electron chi connectivity index (χ0n) is 16.5. The zero-order valence-corrected chi connectivity index (χ0v) is 18.9. The van der Waals surface area contributed by atoms with Crippen molar-refractivity contribution in [3.8, 4) is 6.07 Å². The summed E-state index contributed by atoms with van der Waals surface area (Å²) in [6.45, 7) is 0. The molecule has 7 nitrogen and oxygen atoms in total. The zero-order chi connectivity index (χ0) is 22.4. The molecule has 1 heterocycles. The van der Waals surface area contributed by atoms with Crippen LogP contribution in [0.3, 0.4) is 0 Å². The first-order valence-corrected chi connectivity index (χ1v) is 11.0. The van der Waals surface area contributed by atoms with Crippen molar-refractivity contribution in [2.75, 3.05) is 18.2 Å². The van der Waals surface area contributed by atoms with Gasteiger partial charge in [0.2, 0.25) is 11.8 Å². The molecular formula is C22H18BrN3O4S. The summed E-state index contributed by atoms with van der Waals surface area (Å²) < 4.78 is 5.59. The normalized spacial score (nSPS) is 15.6. The number of hydrogen-bond acceptors (Lipinski definition) is 6. The van der Waals surface area contributed by atoms with Crippen LogP contribution in [0.4, 0.5) is 5.69 Å². The number of amides is 2. The van der Waals surface area contributed by atoms with Gasteiger partial charge in [-0.2, -0.15) is 5.26 Å². The van der Waals surface area contributed by atoms with Crippen LogP contribution in [-0.4, -0.2) is 30.6 Å². The van der Waals surface area contributed by atoms with Crippen LogP contribution in [0.5, 0.6) is 0 Å². The summed E-state index contributed by atoms with van der Waals surface area (Å²) in [7, 11) is 1.30. The van der Waals surface area contributed by atoms with Gasteiger partial charge in [-0.3, -0.25) is 9.59 Å². The molecule has 0 aromatic heterocycles. The fraction of sp³-hybridized carbons (Fsp3) is 0.182. The second-order valence-electron chi connectivity index (χ2n) is 6.62. The van der Waals surface area contributed by atoms with Crippen LogP contribution in [0, 0.1) is 11.3 Å². The molecule has 0 bridgehead atoms. The summed E-state index contributed by atoms with van der Waals surface area (Å²) in [4.78, 5) is 36.2. The molecule has 2 aromatic carbocycles. The molecule has 0 saturated heterocycles. The van der Waals surface area contributed by atoms with Crippen LogP contribution >= 0.6 is 27.7 Å². The number of hydrogen-bond donors (Lipinski definition) is 2. The Labute approximate surface area is 192 Å². The van der Waals surface area contributed by atoms with Crippen molar-refractivity contribution in [3.63, 3.8) is 0 Å². The van der Waals surface area contributed by atoms with Crippen molar-refractivity contribution < 1.29 is 19.1 Å². The van der Waals surface area contributed by atoms with Gasteiger partial charge in [-0.25, -0.2) is 4.79 Å². The minimum absolute atomic E-state index is 0.0326. The van der Waals surface area contributed by atoms with Gasteiger partial charge in [-0.15, -0.1) is 0 Å². The molecule has 31 heavy (non-hydrogen) atoms. The number of rotatable bonds is 6. The first kappa shape index (κ1) is 22.6. The number of ether oxygens (including phenoxy) is 1. The van der Waals surface area contributed by atoms with E-state index in [-0.39, 0.29) is 24.0 Å². The predicted molar refractivity (Wildman–Crippen MR) is 121 cm³/mol. The largest absolute Gasteiger partial charge is 0.465 e. The smallest absolute Gasteiger partial charge is 0.337 e. The third-order valence-electron chi connectivity index (χ3n) is 4.57. The number of esters is 1. The summed E-state index contributed by atoms with van der Waals surface area (Å²) in [6.07, 6.45) is 0.107. The quantitative estimate of drug-likeness (QED) is 0.582. The number of benzene rings is 2. The number of nitrogens with zero attached hydrogens (tertiary/aromatic N) is 1. The highest BCUT2D eigenvalue weighted by Gasteiger charge is 2.30. The number of nitriles is 1. The van der Waals surface area contributed by atoms with E-state index in [1.807, 2.05) is 12.1 Å². The van der Waals surface area contributed by atoms with Crippen LogP contribution in [-0.2, 0) is 14.3 Å². The van der Waals surface area contributed by atoms with E-state index in [4.69, 9.17) is 4.74 Å². The molecule has 2 aromatic rings. The number of nitrogens with one attached hydrogen (secondary N) is 2. The molecule has 0 unspecified atom stereocenters. The van der Waals surface area contributed by atoms with Gasteiger partial charge in [0.05, 0.1) is 35.1 Å². The Morgan fingerprint density at radius 3 is 2.52 bits per heavy atom. The molecular weight excluding hydrogens is 482 g/mol. The summed E-state index contributed by atoms with van der Waals surface area (Å²) in [5.41, 5.74) is 2.15. The summed E-state index contributed by atoms with van der Waals surface area (Å²) >= 11 is 4.44. The van der Waals surface area contributed by atoms with E-state index in [0.29, 0.717) is 21.9 Å². The number of carbonyl (C=O) groups excluding carboxylic acids is 3. The molecule has 9 heteroatoms. The van der Waals surface area contributed by atoms with Gasteiger partial charge < -0.3 is 15.4 Å². The molecule has 3 rings (SSSR count). The van der Waals surface area contributed by atoms with E-state index < -0.39 is 11.9 Å². The Morgan fingerprint density at radius 2 is 1.90 bits per heavy atom. The van der Waals surface area contributed by atoms with Gasteiger partial charge in [0.1, 0.15) is 0 Å². The average molecular weight is 500 g/mol. The molecule has 1 atom stereocenters. The number of allylic oxidation sites excluding steroid dienone is 1. The fourth-order valence-electron chi connectivity index (χ4n) is 3.06. The summed E-state index contributed by atoms with van der Waals surface area (Å²) in [5, 5.41) is 15.6. The molecule has 1 aliphatic heterocycles. The number of thioether (sulfide) groups is 1. The van der Waals surface area contributed by atoms with Gasteiger partial charge in [0.25, 0.3) is 0 Å². The van der Waals surface area contributed by atoms with Crippen molar-refractivity contribution >= 4 is 51.2 Å². The molecule has 0 aliphatic carbocycles. The van der Waals surface area contributed by atoms with Gasteiger partial charge in [-0.05, 0) is 42.0 Å². The van der Waals surface area contributed by atoms with E-state index in [1.165, 1.54) is 7.11 Å². The standard InChI is InChI=1S/C22H18BrN3O4S/c1-30-22(29)14-4-2-13(3-5-14)17-10-19(27)26-21(18(17)11-24)31-12-20(28)25-16-8-6-15(23)7-9-16/h2-9,17H,10,12H2,1H3,(H,25,28)(H,26,27)/t17-/m0/s1. The Kier molecular flexibility index (Phi) is 7.50. The number of halogens is 1. The Morgan fingerprint density at radius 1 is 1.23 bits per heavy atom. The minimum atomic E-state index is -0.461. The topological polar surface area (TPSA) is 108 Å². The molecule has 0 saturated carbocycles. The third kappa shape index (κ3) is 5.75. The maximum Gasteiger partial charge on any atom is 0.337 e. The van der Waals surface area contributed by atoms with E-state index in [1.54, 1.807) is 36.4 Å². The molecule has 0 fully saturated rings. The first-order valence-electron chi connectivity index (χ1n) is 9.22. The number of anilines is 1. The van der Waals surface area contributed by atoms with Gasteiger partial charge in [0.15, 0.2) is 0 Å². The van der Waals surface area contributed by atoms with Crippen molar-refractivity contribution in [2.45, 2.75) is 12.3 Å². The molecule has 2 N–H and O–H groups in total. The minimum Gasteiger partial charge on any atom is -0.465 e. The predicted octanol–water partition coefficient (Wildman–Crippen LogP) is 3.95. The lowest BCUT2D eigenvalue weighted by Crippen LogP contribution is -2.31. The highest BCUT2D eigenvalue weighted by atomic mass is 79.9. The van der Waals surface area contributed by atoms with E-state index in [2.05, 4.69) is 32.6 Å². The monoisotopic (exact) mass is 499 g/mol. The number of methoxy groups -OCH3 is 1. The third-order valence-corrected chi connectivity index (χ3v) is 6.11. The Bertz CT molecular complexity index is 1080. The van der Waals surface area contributed by atoms with Crippen molar-refractivity contribution in [1.29, 1.82) is 5.26 Å². The second-order valence-corrected chi connectivity index (χ2v) is 8.52. The lowest BCUT2D eigenvalue weighted by molar-refractivity contribution is -0.121. The van der Waals surface area contributed by atoms with Crippen molar-refractivity contribution in [2.24, 2.45) is 0 Å². The van der Waals surface area contributed by atoms with Crippen molar-refractivity contribution in [3.05, 3.63) is 74.7 Å². The highest BCUT2D eigenvalue weighted by molar-refractivity contribution is 9.10. The van der Waals surface area contributed by atoms with Crippen LogP contribution in [0.2, 0.25) is 0 Å². The van der Waals surface area contributed by atoms with E-state index in [0.717, 1.165) is 21.8 Å². The fourth-order valence-corrected chi connectivity index (χ4v) is 4.20. The van der Waals surface area contributed by atoms with Crippen LogP contribution in [0.1, 0.15) is 28.3 Å². The molecule has 0 spiro atoms. The second kappa shape index (κ2) is 10.3. The molecule has 2 amide bonds. The maximum atomic E-state index is 12.3. The average Bonchev–Trinajstić information content (AvgIpc) is 2.78. The van der Waals surface area contributed by atoms with Gasteiger partial charge >= 0.3 is 5.97 Å². The maximum absolute atomic E-state index is 12.3. The van der Waals surface area contributed by atoms with Crippen molar-refractivity contribution in [1.82, 2.24) is 5.32 Å². The van der Waals surface area contributed by atoms with E-state index in [9.17, 15) is 19.6 Å². The van der Waals surface area contributed by atoms with Gasteiger partial charge in [0, 0.05) is 22.5 Å². The van der Waals surface area contributed by atoms with Gasteiger partial charge in [-0.1, -0.05) is 39.8 Å². The Balaban J connectivity index is 1.74. The molecule has 0 radical (unpaired) electrons. The Hall–Kier alpha value is -3.09. The lowest BCUT2D eigenvalue weighted by Gasteiger charge is -2.25. The molecule has 158 valence electrons. The molecule has 1 aliphatic rings. The SMILES string of the molecule is COC(=O)c1ccc([C@@H]2CC(=O)NC(SCC(=O)Nc3ccc(Br)cc3)=C2C#N)cc1. The van der Waals surface area contributed by atoms with Crippen LogP contribution < -0.4 is 10.6 Å². The lowest BCUT2D eigenvalue weighted by atomic mass is 9.87. The van der Waals surface area contributed by atoms with Crippen LogP contribution in [0.15, 0.2) is 63.6 Å². The highest BCUT2D eigenvalue weighted by Crippen LogP contribution is 2.36. The van der Waals surface area contributed by atoms with E-state index >= 15 is 0 Å². The first-order chi connectivity index (χ1) is 14.9. The number of carbonyl (C=O) groups is 3. The van der Waals surface area contributed by atoms with Crippen LogP contribution in [0.25, 0.3) is 0 Å². The summed E-state index contributed by atoms with van der Waals surface area (Å²) in [6, 6.07) is 15.9.